The number of benzene rings is 1. The Kier molecular flexibility index (Phi) is 6.00. The van der Waals surface area contributed by atoms with Gasteiger partial charge in [0.2, 0.25) is 0 Å². The summed E-state index contributed by atoms with van der Waals surface area (Å²) in [6.45, 7) is 7.43. The number of methoxy groups -OCH3 is 1. The van der Waals surface area contributed by atoms with E-state index in [0.717, 1.165) is 11.1 Å². The molecule has 0 aliphatic rings. The van der Waals surface area contributed by atoms with Gasteiger partial charge in [-0.1, -0.05) is 11.8 Å². The summed E-state index contributed by atoms with van der Waals surface area (Å²) in [5.41, 5.74) is 1.61. The molecule has 118 valence electrons. The van der Waals surface area contributed by atoms with Gasteiger partial charge in [-0.25, -0.2) is 9.59 Å². The lowest BCUT2D eigenvalue weighted by Crippen LogP contribution is -2.32. The molecule has 0 saturated heterocycles. The average molecular weight is 303 g/mol. The number of carbonyl (C=O) groups is 2. The van der Waals surface area contributed by atoms with Crippen molar-refractivity contribution in [3.05, 3.63) is 34.9 Å². The lowest BCUT2D eigenvalue weighted by molar-refractivity contribution is 0.0533. The number of esters is 1. The molecule has 0 aliphatic carbocycles. The molecule has 0 atom stereocenters. The van der Waals surface area contributed by atoms with Crippen LogP contribution in [0.2, 0.25) is 0 Å². The minimum Gasteiger partial charge on any atom is -0.465 e. The topological polar surface area (TPSA) is 64.6 Å². The van der Waals surface area contributed by atoms with Crippen LogP contribution in [0.25, 0.3) is 0 Å². The lowest BCUT2D eigenvalue weighted by atomic mass is 10.1. The first-order valence-electron chi connectivity index (χ1n) is 6.87. The van der Waals surface area contributed by atoms with E-state index in [0.29, 0.717) is 5.56 Å². The third-order valence-corrected chi connectivity index (χ3v) is 2.59. The van der Waals surface area contributed by atoms with Crippen LogP contribution in [-0.4, -0.2) is 31.3 Å². The summed E-state index contributed by atoms with van der Waals surface area (Å²) >= 11 is 0. The van der Waals surface area contributed by atoms with Gasteiger partial charge in [-0.05, 0) is 51.5 Å². The average Bonchev–Trinajstić information content (AvgIpc) is 2.42. The highest BCUT2D eigenvalue weighted by atomic mass is 16.6. The molecule has 1 N–H and O–H groups in total. The molecular weight excluding hydrogens is 282 g/mol. The second kappa shape index (κ2) is 7.51. The number of alkyl carbamates (subject to hydrolysis) is 1. The normalized spacial score (nSPS) is 10.2. The Morgan fingerprint density at radius 3 is 2.50 bits per heavy atom. The fourth-order valence-electron chi connectivity index (χ4n) is 1.62. The minimum absolute atomic E-state index is 0.188. The minimum atomic E-state index is -0.530. The van der Waals surface area contributed by atoms with Crippen LogP contribution < -0.4 is 5.32 Å². The molecule has 5 nitrogen and oxygen atoms in total. The van der Waals surface area contributed by atoms with Crippen LogP contribution in [0.3, 0.4) is 0 Å². The molecule has 1 aromatic rings. The van der Waals surface area contributed by atoms with Crippen molar-refractivity contribution >= 4 is 12.1 Å². The first-order chi connectivity index (χ1) is 10.2. The summed E-state index contributed by atoms with van der Waals surface area (Å²) in [6.07, 6.45) is -0.500. The Labute approximate surface area is 131 Å². The predicted molar refractivity (Wildman–Crippen MR) is 83.6 cm³/mol. The predicted octanol–water partition coefficient (Wildman–Crippen LogP) is 2.66. The molecule has 1 amide bonds. The molecule has 0 fully saturated rings. The zero-order chi connectivity index (χ0) is 16.8. The Bertz CT molecular complexity index is 618. The van der Waals surface area contributed by atoms with Gasteiger partial charge in [0.05, 0.1) is 19.2 Å². The lowest BCUT2D eigenvalue weighted by Gasteiger charge is -2.19. The quantitative estimate of drug-likeness (QED) is 0.674. The Morgan fingerprint density at radius 2 is 1.95 bits per heavy atom. The van der Waals surface area contributed by atoms with E-state index in [2.05, 4.69) is 21.9 Å². The van der Waals surface area contributed by atoms with Crippen LogP contribution in [0.1, 0.15) is 42.3 Å². The molecular formula is C17H21NO4. The molecule has 1 aromatic carbocycles. The van der Waals surface area contributed by atoms with Crippen LogP contribution in [0.4, 0.5) is 4.79 Å². The van der Waals surface area contributed by atoms with E-state index >= 15 is 0 Å². The highest BCUT2D eigenvalue weighted by Crippen LogP contribution is 2.11. The van der Waals surface area contributed by atoms with Crippen LogP contribution in [0.5, 0.6) is 0 Å². The van der Waals surface area contributed by atoms with Gasteiger partial charge < -0.3 is 14.8 Å². The molecule has 0 spiro atoms. The van der Waals surface area contributed by atoms with Gasteiger partial charge >= 0.3 is 12.1 Å². The molecule has 0 aliphatic heterocycles. The molecule has 0 saturated carbocycles. The summed E-state index contributed by atoms with van der Waals surface area (Å²) in [5, 5.41) is 2.56. The first-order valence-corrected chi connectivity index (χ1v) is 6.87. The van der Waals surface area contributed by atoms with Gasteiger partial charge in [-0.3, -0.25) is 0 Å². The fourth-order valence-corrected chi connectivity index (χ4v) is 1.62. The molecule has 5 heteroatoms. The van der Waals surface area contributed by atoms with E-state index in [1.165, 1.54) is 7.11 Å². The van der Waals surface area contributed by atoms with Gasteiger partial charge in [0.25, 0.3) is 0 Å². The van der Waals surface area contributed by atoms with Crippen molar-refractivity contribution in [3.63, 3.8) is 0 Å². The summed E-state index contributed by atoms with van der Waals surface area (Å²) in [7, 11) is 1.34. The van der Waals surface area contributed by atoms with Gasteiger partial charge in [0.1, 0.15) is 5.60 Å². The summed E-state index contributed by atoms with van der Waals surface area (Å²) in [5.74, 6) is 5.41. The highest BCUT2D eigenvalue weighted by molar-refractivity contribution is 5.89. The Hall–Kier alpha value is -2.48. The zero-order valence-electron chi connectivity index (χ0n) is 13.6. The smallest absolute Gasteiger partial charge is 0.408 e. The largest absolute Gasteiger partial charge is 0.465 e. The molecule has 0 bridgehead atoms. The maximum Gasteiger partial charge on any atom is 0.408 e. The maximum atomic E-state index is 11.4. The van der Waals surface area contributed by atoms with Gasteiger partial charge in [0.15, 0.2) is 0 Å². The van der Waals surface area contributed by atoms with E-state index in [1.807, 2.05) is 6.92 Å². The van der Waals surface area contributed by atoms with E-state index in [1.54, 1.807) is 39.0 Å². The van der Waals surface area contributed by atoms with E-state index in [9.17, 15) is 9.59 Å². The van der Waals surface area contributed by atoms with Crippen molar-refractivity contribution in [1.82, 2.24) is 5.32 Å². The Morgan fingerprint density at radius 1 is 1.27 bits per heavy atom. The second-order valence-corrected chi connectivity index (χ2v) is 5.68. The van der Waals surface area contributed by atoms with E-state index in [-0.39, 0.29) is 12.5 Å². The van der Waals surface area contributed by atoms with Gasteiger partial charge in [0, 0.05) is 5.56 Å². The molecule has 1 rings (SSSR count). The van der Waals surface area contributed by atoms with Crippen molar-refractivity contribution in [2.45, 2.75) is 33.3 Å². The van der Waals surface area contributed by atoms with E-state index < -0.39 is 11.7 Å². The number of hydrogen-bond acceptors (Lipinski definition) is 4. The number of carbonyl (C=O) groups excluding carboxylic acids is 2. The first kappa shape index (κ1) is 17.6. The van der Waals surface area contributed by atoms with Crippen molar-refractivity contribution in [1.29, 1.82) is 0 Å². The number of rotatable bonds is 2. The van der Waals surface area contributed by atoms with Crippen LogP contribution >= 0.6 is 0 Å². The van der Waals surface area contributed by atoms with Gasteiger partial charge in [-0.2, -0.15) is 0 Å². The number of hydrogen-bond donors (Lipinski definition) is 1. The van der Waals surface area contributed by atoms with E-state index in [4.69, 9.17) is 4.74 Å². The second-order valence-electron chi connectivity index (χ2n) is 5.68. The maximum absolute atomic E-state index is 11.4. The van der Waals surface area contributed by atoms with Crippen LogP contribution in [0, 0.1) is 18.8 Å². The zero-order valence-corrected chi connectivity index (χ0v) is 13.6. The standard InChI is InChI=1S/C17H21NO4/c1-12-11-14(15(19)21-5)9-8-13(12)7-6-10-18-16(20)22-17(2,3)4/h8-9,11H,10H2,1-5H3,(H,18,20). The van der Waals surface area contributed by atoms with Crippen molar-refractivity contribution in [2.75, 3.05) is 13.7 Å². The fraction of sp³-hybridized carbons (Fsp3) is 0.412. The molecule has 0 aromatic heterocycles. The highest BCUT2D eigenvalue weighted by Gasteiger charge is 2.15. The molecule has 0 heterocycles. The number of ether oxygens (including phenoxy) is 2. The van der Waals surface area contributed by atoms with Crippen molar-refractivity contribution in [3.8, 4) is 11.8 Å². The summed E-state index contributed by atoms with van der Waals surface area (Å²) in [4.78, 5) is 22.8. The van der Waals surface area contributed by atoms with Crippen molar-refractivity contribution < 1.29 is 19.1 Å². The summed E-state index contributed by atoms with van der Waals surface area (Å²) in [6, 6.07) is 5.13. The monoisotopic (exact) mass is 303 g/mol. The van der Waals surface area contributed by atoms with Crippen molar-refractivity contribution in [2.24, 2.45) is 0 Å². The molecule has 22 heavy (non-hydrogen) atoms. The van der Waals surface area contributed by atoms with Crippen LogP contribution in [0.15, 0.2) is 18.2 Å². The third kappa shape index (κ3) is 5.88. The Balaban J connectivity index is 2.62. The summed E-state index contributed by atoms with van der Waals surface area (Å²) < 4.78 is 9.76. The SMILES string of the molecule is COC(=O)c1ccc(C#CCNC(=O)OC(C)(C)C)c(C)c1. The van der Waals surface area contributed by atoms with Crippen LogP contribution in [-0.2, 0) is 9.47 Å². The third-order valence-electron chi connectivity index (χ3n) is 2.59. The number of aryl methyl sites for hydroxylation is 1. The number of nitrogens with one attached hydrogen (secondary N) is 1. The van der Waals surface area contributed by atoms with Gasteiger partial charge in [-0.15, -0.1) is 0 Å². The molecule has 0 unspecified atom stereocenters. The molecule has 0 radical (unpaired) electrons. The number of amides is 1.